The summed E-state index contributed by atoms with van der Waals surface area (Å²) >= 11 is 0. The van der Waals surface area contributed by atoms with Crippen LogP contribution >= 0.6 is 0 Å². The van der Waals surface area contributed by atoms with Crippen LogP contribution in [0, 0.1) is 0 Å². The highest BCUT2D eigenvalue weighted by Crippen LogP contribution is 2.15. The molecule has 0 aliphatic heterocycles. The Hall–Kier alpha value is -0.0231. The van der Waals surface area contributed by atoms with Crippen LogP contribution < -0.4 is 5.32 Å². The van der Waals surface area contributed by atoms with Crippen LogP contribution in [0.5, 0.6) is 0 Å². The van der Waals surface area contributed by atoms with Gasteiger partial charge in [-0.05, 0) is 46.7 Å². The Balaban J connectivity index is 4.47. The summed E-state index contributed by atoms with van der Waals surface area (Å²) in [5.74, 6) is 0. The molecule has 0 aromatic heterocycles. The van der Waals surface area contributed by atoms with Gasteiger partial charge in [-0.15, -0.1) is 0 Å². The number of aliphatic hydroxyl groups is 1. The van der Waals surface area contributed by atoms with E-state index in [1.807, 2.05) is 0 Å². The van der Waals surface area contributed by atoms with Crippen molar-refractivity contribution in [3.05, 3.63) is 0 Å². The van der Waals surface area contributed by atoms with E-state index in [1.54, 1.807) is 14.2 Å². The molecule has 0 unspecified atom stereocenters. The van der Waals surface area contributed by atoms with Crippen LogP contribution in [0.4, 0.5) is 0 Å². The zero-order valence-corrected chi connectivity index (χ0v) is 19.5. The smallest absolute Gasteiger partial charge is 0.364 e. The van der Waals surface area contributed by atoms with Gasteiger partial charge >= 0.3 is 8.56 Å². The lowest BCUT2D eigenvalue weighted by Crippen LogP contribution is -2.46. The van der Waals surface area contributed by atoms with Crippen molar-refractivity contribution < 1.29 is 14.0 Å². The van der Waals surface area contributed by atoms with Crippen molar-refractivity contribution in [2.45, 2.75) is 72.1 Å². The highest BCUT2D eigenvalue weighted by atomic mass is 28.4. The second-order valence-corrected chi connectivity index (χ2v) is 11.4. The monoisotopic (exact) mass is 391 g/mol. The minimum atomic E-state index is -2.40. The maximum atomic E-state index is 9.60. The average molecular weight is 392 g/mol. The first-order valence-electron chi connectivity index (χ1n) is 10.1. The number of aliphatic hydroxyl groups excluding tert-OH is 1. The molecule has 0 fully saturated rings. The number of hydrogen-bond donors (Lipinski definition) is 2. The van der Waals surface area contributed by atoms with Gasteiger partial charge in [-0.25, -0.2) is 0 Å². The van der Waals surface area contributed by atoms with Crippen LogP contribution in [0.15, 0.2) is 0 Å². The van der Waals surface area contributed by atoms with E-state index in [0.29, 0.717) is 18.1 Å². The van der Waals surface area contributed by atoms with Crippen molar-refractivity contribution in [3.63, 3.8) is 0 Å². The summed E-state index contributed by atoms with van der Waals surface area (Å²) < 4.78 is 11.0. The number of nitrogens with zero attached hydrogens (tertiary/aromatic N) is 2. The fraction of sp³-hybridized carbons (Fsp3) is 1.00. The molecule has 0 atom stereocenters. The number of nitrogens with one attached hydrogen (secondary N) is 1. The van der Waals surface area contributed by atoms with E-state index in [2.05, 4.69) is 56.7 Å². The summed E-state index contributed by atoms with van der Waals surface area (Å²) in [4.78, 5) is 5.06. The molecule has 6 nitrogen and oxygen atoms in total. The van der Waals surface area contributed by atoms with Crippen LogP contribution in [-0.2, 0) is 8.85 Å². The van der Waals surface area contributed by atoms with E-state index in [1.165, 1.54) is 0 Å². The van der Waals surface area contributed by atoms with Crippen molar-refractivity contribution in [2.24, 2.45) is 0 Å². The van der Waals surface area contributed by atoms with Gasteiger partial charge < -0.3 is 19.3 Å². The standard InChI is InChI=1S/C19H45N3O3Si/c1-17(2)20-10-12-22(19(5)6)14-13-21(18(3)4)11-9-15-26(16-23,24-7)25-8/h17-20,23H,9-16H2,1-8H3. The van der Waals surface area contributed by atoms with Gasteiger partial charge in [0.1, 0.15) is 0 Å². The molecule has 2 N–H and O–H groups in total. The van der Waals surface area contributed by atoms with Gasteiger partial charge in [0.05, 0.1) is 6.23 Å². The van der Waals surface area contributed by atoms with Crippen LogP contribution in [-0.4, -0.2) is 94.8 Å². The van der Waals surface area contributed by atoms with Crippen LogP contribution in [0.1, 0.15) is 48.0 Å². The maximum Gasteiger partial charge on any atom is 0.364 e. The van der Waals surface area contributed by atoms with Crippen LogP contribution in [0.3, 0.4) is 0 Å². The van der Waals surface area contributed by atoms with Crippen molar-refractivity contribution in [1.29, 1.82) is 0 Å². The molecule has 0 saturated carbocycles. The Morgan fingerprint density at radius 1 is 0.846 bits per heavy atom. The largest absolute Gasteiger partial charge is 0.396 e. The molecule has 0 aromatic carbocycles. The molecule has 0 bridgehead atoms. The molecule has 0 radical (unpaired) electrons. The van der Waals surface area contributed by atoms with E-state index in [0.717, 1.165) is 45.2 Å². The Kier molecular flexibility index (Phi) is 14.0. The molecule has 158 valence electrons. The second-order valence-electron chi connectivity index (χ2n) is 7.95. The van der Waals surface area contributed by atoms with E-state index in [-0.39, 0.29) is 6.23 Å². The van der Waals surface area contributed by atoms with Gasteiger partial charge in [-0.3, -0.25) is 9.80 Å². The third kappa shape index (κ3) is 10.3. The molecule has 7 heteroatoms. The SMILES string of the molecule is CO[Si](CO)(CCCN(CCN(CCNC(C)C)C(C)C)C(C)C)OC. The van der Waals surface area contributed by atoms with Crippen LogP contribution in [0.25, 0.3) is 0 Å². The number of hydrogen-bond acceptors (Lipinski definition) is 6. The fourth-order valence-corrected chi connectivity index (χ4v) is 4.75. The fourth-order valence-electron chi connectivity index (χ4n) is 3.06. The predicted molar refractivity (Wildman–Crippen MR) is 113 cm³/mol. The normalized spacial score (nSPS) is 13.2. The Bertz CT molecular complexity index is 332. The Labute approximate surface area is 163 Å². The summed E-state index contributed by atoms with van der Waals surface area (Å²) in [6, 6.07) is 2.42. The third-order valence-corrected chi connectivity index (χ3v) is 8.16. The molecule has 0 saturated heterocycles. The average Bonchev–Trinajstić information content (AvgIpc) is 2.59. The molecule has 26 heavy (non-hydrogen) atoms. The molecule has 0 rings (SSSR count). The molecule has 0 heterocycles. The second kappa shape index (κ2) is 14.0. The van der Waals surface area contributed by atoms with Gasteiger partial charge in [0, 0.05) is 58.5 Å². The minimum Gasteiger partial charge on any atom is -0.396 e. The summed E-state index contributed by atoms with van der Waals surface area (Å²) in [7, 11) is 0.901. The summed E-state index contributed by atoms with van der Waals surface area (Å²) in [6.07, 6.45) is 1.01. The van der Waals surface area contributed by atoms with Gasteiger partial charge in [-0.1, -0.05) is 13.8 Å². The molecule has 0 amide bonds. The maximum absolute atomic E-state index is 9.60. The summed E-state index contributed by atoms with van der Waals surface area (Å²) in [6.45, 7) is 18.7. The lowest BCUT2D eigenvalue weighted by Gasteiger charge is -2.33. The van der Waals surface area contributed by atoms with Crippen molar-refractivity contribution >= 4 is 8.56 Å². The quantitative estimate of drug-likeness (QED) is 0.393. The summed E-state index contributed by atoms with van der Waals surface area (Å²) in [5, 5.41) is 13.1. The van der Waals surface area contributed by atoms with Crippen LogP contribution in [0.2, 0.25) is 6.04 Å². The van der Waals surface area contributed by atoms with Crippen molar-refractivity contribution in [1.82, 2.24) is 15.1 Å². The highest BCUT2D eigenvalue weighted by Gasteiger charge is 2.34. The lowest BCUT2D eigenvalue weighted by molar-refractivity contribution is 0.151. The predicted octanol–water partition coefficient (Wildman–Crippen LogP) is 2.06. The molecule has 0 aliphatic carbocycles. The Morgan fingerprint density at radius 3 is 1.73 bits per heavy atom. The van der Waals surface area contributed by atoms with E-state index < -0.39 is 8.56 Å². The van der Waals surface area contributed by atoms with Crippen molar-refractivity contribution in [3.8, 4) is 0 Å². The first-order chi connectivity index (χ1) is 12.2. The van der Waals surface area contributed by atoms with E-state index in [9.17, 15) is 5.11 Å². The van der Waals surface area contributed by atoms with Crippen molar-refractivity contribution in [2.75, 3.05) is 53.2 Å². The highest BCUT2D eigenvalue weighted by molar-refractivity contribution is 6.67. The molecular formula is C19H45N3O3Si. The molecule has 0 aromatic rings. The van der Waals surface area contributed by atoms with Gasteiger partial charge in [-0.2, -0.15) is 0 Å². The molecule has 0 aliphatic rings. The first kappa shape index (κ1) is 26.0. The zero-order valence-electron chi connectivity index (χ0n) is 18.5. The first-order valence-corrected chi connectivity index (χ1v) is 12.4. The van der Waals surface area contributed by atoms with Gasteiger partial charge in [0.25, 0.3) is 0 Å². The van der Waals surface area contributed by atoms with E-state index >= 15 is 0 Å². The molecular weight excluding hydrogens is 346 g/mol. The van der Waals surface area contributed by atoms with E-state index in [4.69, 9.17) is 8.85 Å². The third-order valence-electron chi connectivity index (χ3n) is 5.07. The minimum absolute atomic E-state index is 0.0195. The summed E-state index contributed by atoms with van der Waals surface area (Å²) in [5.41, 5.74) is 0. The van der Waals surface area contributed by atoms with Gasteiger partial charge in [0.15, 0.2) is 0 Å². The number of rotatable bonds is 16. The lowest BCUT2D eigenvalue weighted by atomic mass is 10.2. The topological polar surface area (TPSA) is 57.2 Å². The Morgan fingerprint density at radius 2 is 1.35 bits per heavy atom. The van der Waals surface area contributed by atoms with Gasteiger partial charge in [0.2, 0.25) is 0 Å². The molecule has 0 spiro atoms. The zero-order chi connectivity index (χ0) is 20.2.